The number of carbonyl (C=O) groups is 1. The molecule has 2 saturated heterocycles. The second kappa shape index (κ2) is 5.59. The zero-order chi connectivity index (χ0) is 10.8. The van der Waals surface area contributed by atoms with Gasteiger partial charge in [-0.05, 0) is 41.4 Å². The molecule has 0 atom stereocenters. The molecule has 2 heterocycles. The lowest BCUT2D eigenvalue weighted by molar-refractivity contribution is -0.117. The number of nitrogens with zero attached hydrogens (tertiary/aromatic N) is 2. The Morgan fingerprint density at radius 2 is 1.87 bits per heavy atom. The van der Waals surface area contributed by atoms with Gasteiger partial charge in [-0.3, -0.25) is 4.79 Å². The Labute approximate surface area is 119 Å². The van der Waals surface area contributed by atoms with Crippen molar-refractivity contribution in [2.75, 3.05) is 32.7 Å². The lowest BCUT2D eigenvalue weighted by atomic mass is 9.94. The molecular weight excluding hydrogens is 418 g/mol. The molecule has 0 aromatic rings. The van der Waals surface area contributed by atoms with Crippen molar-refractivity contribution in [3.05, 3.63) is 0 Å². The van der Waals surface area contributed by atoms with E-state index < -0.39 is 0 Å². The van der Waals surface area contributed by atoms with Gasteiger partial charge >= 0.3 is 0 Å². The van der Waals surface area contributed by atoms with Crippen LogP contribution in [0.5, 0.6) is 0 Å². The molecule has 5 heteroatoms. The molecule has 86 valence electrons. The van der Waals surface area contributed by atoms with Crippen LogP contribution in [0.1, 0.15) is 12.8 Å². The number of carbonyl (C=O) groups excluding carboxylic acids is 1. The minimum absolute atomic E-state index is 0.329. The van der Waals surface area contributed by atoms with Gasteiger partial charge in [0.15, 0.2) is 3.79 Å². The molecule has 2 aliphatic rings. The molecule has 0 radical (unpaired) electrons. The largest absolute Gasteiger partial charge is 0.301 e. The SMILES string of the molecule is O=C(I)C1CN(CC2CCN(I)CC2)C1. The lowest BCUT2D eigenvalue weighted by Crippen LogP contribution is -2.51. The topological polar surface area (TPSA) is 23.6 Å². The maximum absolute atomic E-state index is 11.1. The Balaban J connectivity index is 1.65. The van der Waals surface area contributed by atoms with E-state index >= 15 is 0 Å². The molecule has 0 aromatic heterocycles. The van der Waals surface area contributed by atoms with Crippen LogP contribution in [0.3, 0.4) is 0 Å². The maximum Gasteiger partial charge on any atom is 0.198 e. The summed E-state index contributed by atoms with van der Waals surface area (Å²) in [5.41, 5.74) is 0. The van der Waals surface area contributed by atoms with Gasteiger partial charge in [-0.2, -0.15) is 0 Å². The van der Waals surface area contributed by atoms with Crippen molar-refractivity contribution in [2.24, 2.45) is 11.8 Å². The van der Waals surface area contributed by atoms with E-state index in [1.165, 1.54) is 32.5 Å². The predicted molar refractivity (Wildman–Crippen MR) is 77.3 cm³/mol. The minimum atomic E-state index is 0.329. The van der Waals surface area contributed by atoms with Crippen LogP contribution in [0.25, 0.3) is 0 Å². The molecule has 3 nitrogen and oxygen atoms in total. The van der Waals surface area contributed by atoms with E-state index in [0.717, 1.165) is 19.0 Å². The highest BCUT2D eigenvalue weighted by atomic mass is 127. The van der Waals surface area contributed by atoms with Crippen LogP contribution in [-0.4, -0.2) is 44.5 Å². The molecule has 2 aliphatic heterocycles. The molecule has 0 saturated carbocycles. The van der Waals surface area contributed by atoms with Gasteiger partial charge < -0.3 is 4.90 Å². The van der Waals surface area contributed by atoms with Gasteiger partial charge in [0.25, 0.3) is 0 Å². The predicted octanol–water partition coefficient (Wildman–Crippen LogP) is 1.94. The second-order valence-electron chi connectivity index (χ2n) is 4.57. The second-order valence-corrected chi connectivity index (χ2v) is 7.00. The molecule has 2 fully saturated rings. The number of likely N-dealkylation sites (tertiary alicyclic amines) is 1. The van der Waals surface area contributed by atoms with Crippen molar-refractivity contribution in [2.45, 2.75) is 12.8 Å². The summed E-state index contributed by atoms with van der Waals surface area (Å²) in [6.45, 7) is 5.69. The zero-order valence-electron chi connectivity index (χ0n) is 8.66. The summed E-state index contributed by atoms with van der Waals surface area (Å²) in [6.07, 6.45) is 2.64. The highest BCUT2D eigenvalue weighted by molar-refractivity contribution is 14.1. The molecule has 0 unspecified atom stereocenters. The van der Waals surface area contributed by atoms with Crippen molar-refractivity contribution in [1.82, 2.24) is 8.01 Å². The fourth-order valence-electron chi connectivity index (χ4n) is 2.31. The first-order chi connectivity index (χ1) is 7.15. The summed E-state index contributed by atoms with van der Waals surface area (Å²) in [5.74, 6) is 1.19. The Bertz CT molecular complexity index is 236. The van der Waals surface area contributed by atoms with Crippen LogP contribution < -0.4 is 0 Å². The third kappa shape index (κ3) is 3.50. The van der Waals surface area contributed by atoms with Gasteiger partial charge in [-0.25, -0.2) is 3.11 Å². The molecule has 2 rings (SSSR count). The zero-order valence-corrected chi connectivity index (χ0v) is 13.0. The average Bonchev–Trinajstić information content (AvgIpc) is 2.13. The summed E-state index contributed by atoms with van der Waals surface area (Å²) < 4.78 is 2.72. The van der Waals surface area contributed by atoms with E-state index in [1.54, 1.807) is 0 Å². The molecule has 0 amide bonds. The van der Waals surface area contributed by atoms with Gasteiger partial charge in [0.05, 0.1) is 5.92 Å². The number of halogens is 2. The third-order valence-electron chi connectivity index (χ3n) is 3.35. The van der Waals surface area contributed by atoms with Crippen molar-refractivity contribution in [3.63, 3.8) is 0 Å². The standard InChI is InChI=1S/C10H16I2N2O/c11-10(15)9-6-13(7-9)5-8-1-3-14(12)4-2-8/h8-9H,1-7H2. The Morgan fingerprint density at radius 3 is 2.40 bits per heavy atom. The van der Waals surface area contributed by atoms with E-state index in [-0.39, 0.29) is 0 Å². The number of hydrogen-bond donors (Lipinski definition) is 0. The van der Waals surface area contributed by atoms with E-state index in [2.05, 4.69) is 30.9 Å². The number of hydrogen-bond acceptors (Lipinski definition) is 3. The summed E-state index contributed by atoms with van der Waals surface area (Å²) in [7, 11) is 0. The van der Waals surface area contributed by atoms with Crippen LogP contribution in [0.2, 0.25) is 0 Å². The Morgan fingerprint density at radius 1 is 1.27 bits per heavy atom. The van der Waals surface area contributed by atoms with E-state index in [4.69, 9.17) is 0 Å². The average molecular weight is 434 g/mol. The molecule has 0 aliphatic carbocycles. The maximum atomic E-state index is 11.1. The Hall–Kier alpha value is 1.05. The minimum Gasteiger partial charge on any atom is -0.301 e. The van der Waals surface area contributed by atoms with Crippen LogP contribution in [0.4, 0.5) is 0 Å². The highest BCUT2D eigenvalue weighted by Crippen LogP contribution is 2.25. The summed E-state index contributed by atoms with van der Waals surface area (Å²) in [4.78, 5) is 13.5. The van der Waals surface area contributed by atoms with Gasteiger partial charge in [0.1, 0.15) is 0 Å². The van der Waals surface area contributed by atoms with Crippen molar-refractivity contribution in [1.29, 1.82) is 0 Å². The van der Waals surface area contributed by atoms with Crippen LogP contribution >= 0.6 is 45.5 Å². The van der Waals surface area contributed by atoms with E-state index in [1.807, 2.05) is 22.6 Å². The first-order valence-corrected chi connectivity index (χ1v) is 7.52. The molecule has 0 spiro atoms. The van der Waals surface area contributed by atoms with Crippen molar-refractivity contribution < 1.29 is 4.79 Å². The molecular formula is C10H16I2N2O. The van der Waals surface area contributed by atoms with Crippen molar-refractivity contribution >= 4 is 49.2 Å². The quantitative estimate of drug-likeness (QED) is 0.386. The molecule has 0 bridgehead atoms. The molecule has 0 N–H and O–H groups in total. The highest BCUT2D eigenvalue weighted by Gasteiger charge is 2.32. The smallest absolute Gasteiger partial charge is 0.198 e. The first kappa shape index (κ1) is 12.5. The molecule has 0 aromatic carbocycles. The van der Waals surface area contributed by atoms with Crippen LogP contribution in [-0.2, 0) is 4.79 Å². The lowest BCUT2D eigenvalue weighted by Gasteiger charge is -2.40. The van der Waals surface area contributed by atoms with Gasteiger partial charge in [0.2, 0.25) is 0 Å². The van der Waals surface area contributed by atoms with Gasteiger partial charge in [-0.15, -0.1) is 0 Å². The fraction of sp³-hybridized carbons (Fsp3) is 0.900. The number of rotatable bonds is 3. The van der Waals surface area contributed by atoms with E-state index in [9.17, 15) is 4.79 Å². The first-order valence-electron chi connectivity index (χ1n) is 5.47. The Kier molecular flexibility index (Phi) is 4.66. The summed E-state index contributed by atoms with van der Waals surface area (Å²) in [6, 6.07) is 0. The fourth-order valence-corrected chi connectivity index (χ4v) is 3.26. The van der Waals surface area contributed by atoms with Gasteiger partial charge in [0, 0.05) is 55.6 Å². The van der Waals surface area contributed by atoms with Crippen LogP contribution in [0.15, 0.2) is 0 Å². The van der Waals surface area contributed by atoms with E-state index in [0.29, 0.717) is 9.71 Å². The number of piperidine rings is 1. The molecule has 15 heavy (non-hydrogen) atoms. The van der Waals surface area contributed by atoms with Crippen LogP contribution in [0, 0.1) is 11.8 Å². The summed E-state index contributed by atoms with van der Waals surface area (Å²) >= 11 is 4.34. The van der Waals surface area contributed by atoms with Gasteiger partial charge in [-0.1, -0.05) is 0 Å². The third-order valence-corrected chi connectivity index (χ3v) is 5.20. The monoisotopic (exact) mass is 434 g/mol. The normalized spacial score (nSPS) is 26.5. The summed E-state index contributed by atoms with van der Waals surface area (Å²) in [5, 5.41) is 0. The van der Waals surface area contributed by atoms with Crippen molar-refractivity contribution in [3.8, 4) is 0 Å².